The molecular formula is C13H9ClFN5. The molecule has 0 saturated carbocycles. The molecule has 1 heterocycles. The van der Waals surface area contributed by atoms with Gasteiger partial charge < -0.3 is 5.73 Å². The maximum atomic E-state index is 13.4. The van der Waals surface area contributed by atoms with E-state index in [9.17, 15) is 4.39 Å². The number of benzene rings is 2. The van der Waals surface area contributed by atoms with Gasteiger partial charge in [0.25, 0.3) is 0 Å². The Labute approximate surface area is 118 Å². The van der Waals surface area contributed by atoms with Gasteiger partial charge in [-0.05, 0) is 34.7 Å². The van der Waals surface area contributed by atoms with Crippen molar-refractivity contribution in [3.05, 3.63) is 53.3 Å². The average Bonchev–Trinajstić information content (AvgIpc) is 2.91. The van der Waals surface area contributed by atoms with Gasteiger partial charge in [-0.25, -0.2) is 4.39 Å². The summed E-state index contributed by atoms with van der Waals surface area (Å²) in [5.74, 6) is -0.0255. The fourth-order valence-electron chi connectivity index (χ4n) is 1.87. The maximum absolute atomic E-state index is 13.4. The van der Waals surface area contributed by atoms with E-state index in [0.717, 1.165) is 0 Å². The Morgan fingerprint density at radius 2 is 1.95 bits per heavy atom. The lowest BCUT2D eigenvalue weighted by atomic mass is 10.1. The Morgan fingerprint density at radius 3 is 2.75 bits per heavy atom. The van der Waals surface area contributed by atoms with Crippen LogP contribution in [-0.2, 0) is 0 Å². The lowest BCUT2D eigenvalue weighted by Gasteiger charge is -2.08. The summed E-state index contributed by atoms with van der Waals surface area (Å²) in [6.45, 7) is 0. The number of nitrogen functional groups attached to an aromatic ring is 1. The highest BCUT2D eigenvalue weighted by molar-refractivity contribution is 6.32. The fraction of sp³-hybridized carbons (Fsp3) is 0. The van der Waals surface area contributed by atoms with E-state index in [2.05, 4.69) is 15.5 Å². The molecule has 0 unspecified atom stereocenters. The van der Waals surface area contributed by atoms with Crippen LogP contribution in [0, 0.1) is 5.82 Å². The summed E-state index contributed by atoms with van der Waals surface area (Å²) in [5, 5.41) is 11.7. The monoisotopic (exact) mass is 289 g/mol. The molecule has 100 valence electrons. The van der Waals surface area contributed by atoms with Crippen molar-refractivity contribution in [3.8, 4) is 17.1 Å². The van der Waals surface area contributed by atoms with Gasteiger partial charge in [-0.3, -0.25) is 0 Å². The highest BCUT2D eigenvalue weighted by Crippen LogP contribution is 2.28. The van der Waals surface area contributed by atoms with Crippen molar-refractivity contribution < 1.29 is 4.39 Å². The molecule has 0 radical (unpaired) electrons. The number of para-hydroxylation sites is 1. The van der Waals surface area contributed by atoms with Gasteiger partial charge in [-0.15, -0.1) is 5.10 Å². The molecule has 7 heteroatoms. The molecule has 0 bridgehead atoms. The molecule has 0 spiro atoms. The van der Waals surface area contributed by atoms with Gasteiger partial charge in [0.2, 0.25) is 0 Å². The summed E-state index contributed by atoms with van der Waals surface area (Å²) in [6.07, 6.45) is 0. The molecule has 0 aliphatic carbocycles. The Morgan fingerprint density at radius 1 is 1.15 bits per heavy atom. The normalized spacial score (nSPS) is 10.7. The van der Waals surface area contributed by atoms with Gasteiger partial charge in [-0.1, -0.05) is 23.7 Å². The van der Waals surface area contributed by atoms with Crippen molar-refractivity contribution in [2.24, 2.45) is 0 Å². The summed E-state index contributed by atoms with van der Waals surface area (Å²) < 4.78 is 14.7. The average molecular weight is 290 g/mol. The molecule has 2 aromatic carbocycles. The molecule has 0 aliphatic rings. The Kier molecular flexibility index (Phi) is 3.08. The van der Waals surface area contributed by atoms with Gasteiger partial charge in [0.15, 0.2) is 5.82 Å². The van der Waals surface area contributed by atoms with Crippen LogP contribution in [0.5, 0.6) is 0 Å². The molecule has 0 atom stereocenters. The molecule has 0 saturated heterocycles. The molecule has 2 N–H and O–H groups in total. The van der Waals surface area contributed by atoms with E-state index in [1.54, 1.807) is 12.1 Å². The third-order valence-corrected chi connectivity index (χ3v) is 3.13. The molecular weight excluding hydrogens is 281 g/mol. The summed E-state index contributed by atoms with van der Waals surface area (Å²) in [6, 6.07) is 11.1. The third-order valence-electron chi connectivity index (χ3n) is 2.81. The number of halogens is 2. The zero-order valence-electron chi connectivity index (χ0n) is 10.2. The van der Waals surface area contributed by atoms with Crippen molar-refractivity contribution in [2.45, 2.75) is 0 Å². The lowest BCUT2D eigenvalue weighted by molar-refractivity contribution is 0.625. The van der Waals surface area contributed by atoms with Crippen LogP contribution in [0.1, 0.15) is 0 Å². The molecule has 0 aliphatic heterocycles. The quantitative estimate of drug-likeness (QED) is 0.736. The predicted octanol–water partition coefficient (Wildman–Crippen LogP) is 2.70. The van der Waals surface area contributed by atoms with Crippen molar-refractivity contribution in [1.82, 2.24) is 20.2 Å². The maximum Gasteiger partial charge on any atom is 0.189 e. The molecule has 1 aromatic heterocycles. The number of hydrogen-bond acceptors (Lipinski definition) is 4. The lowest BCUT2D eigenvalue weighted by Crippen LogP contribution is -2.02. The molecule has 20 heavy (non-hydrogen) atoms. The van der Waals surface area contributed by atoms with E-state index in [-0.39, 0.29) is 0 Å². The highest BCUT2D eigenvalue weighted by atomic mass is 35.5. The first kappa shape index (κ1) is 12.6. The summed E-state index contributed by atoms with van der Waals surface area (Å²) in [5.41, 5.74) is 7.44. The van der Waals surface area contributed by atoms with Gasteiger partial charge in [0.1, 0.15) is 5.82 Å². The van der Waals surface area contributed by atoms with Crippen LogP contribution in [0.2, 0.25) is 5.02 Å². The van der Waals surface area contributed by atoms with E-state index in [1.165, 1.54) is 22.9 Å². The van der Waals surface area contributed by atoms with Crippen LogP contribution < -0.4 is 5.73 Å². The zero-order valence-corrected chi connectivity index (χ0v) is 10.9. The number of hydrogen-bond donors (Lipinski definition) is 1. The standard InChI is InChI=1S/C13H9ClFN5/c14-10-6-5-8(15)7-12(10)20-13(17-18-19-20)9-3-1-2-4-11(9)16/h1-7H,16H2. The van der Waals surface area contributed by atoms with E-state index in [1.807, 2.05) is 12.1 Å². The summed E-state index contributed by atoms with van der Waals surface area (Å²) in [7, 11) is 0. The predicted molar refractivity (Wildman–Crippen MR) is 74.0 cm³/mol. The number of aromatic nitrogens is 4. The largest absolute Gasteiger partial charge is 0.398 e. The molecule has 0 fully saturated rings. The number of anilines is 1. The molecule has 0 amide bonds. The molecule has 3 aromatic rings. The van der Waals surface area contributed by atoms with Crippen LogP contribution in [0.25, 0.3) is 17.1 Å². The smallest absolute Gasteiger partial charge is 0.189 e. The van der Waals surface area contributed by atoms with Gasteiger partial charge >= 0.3 is 0 Å². The van der Waals surface area contributed by atoms with Gasteiger partial charge in [-0.2, -0.15) is 4.68 Å². The van der Waals surface area contributed by atoms with E-state index < -0.39 is 5.82 Å². The van der Waals surface area contributed by atoms with Crippen LogP contribution in [-0.4, -0.2) is 20.2 Å². The Balaban J connectivity index is 2.21. The first-order valence-electron chi connectivity index (χ1n) is 5.75. The zero-order chi connectivity index (χ0) is 14.1. The second kappa shape index (κ2) is 4.90. The van der Waals surface area contributed by atoms with Crippen LogP contribution >= 0.6 is 11.6 Å². The number of rotatable bonds is 2. The highest BCUT2D eigenvalue weighted by Gasteiger charge is 2.15. The van der Waals surface area contributed by atoms with Gasteiger partial charge in [0, 0.05) is 17.3 Å². The second-order valence-electron chi connectivity index (χ2n) is 4.10. The second-order valence-corrected chi connectivity index (χ2v) is 4.50. The number of tetrazole rings is 1. The van der Waals surface area contributed by atoms with Crippen molar-refractivity contribution in [2.75, 3.05) is 5.73 Å². The van der Waals surface area contributed by atoms with Crippen molar-refractivity contribution in [3.63, 3.8) is 0 Å². The number of nitrogens with zero attached hydrogens (tertiary/aromatic N) is 4. The molecule has 5 nitrogen and oxygen atoms in total. The summed E-state index contributed by atoms with van der Waals surface area (Å²) in [4.78, 5) is 0. The van der Waals surface area contributed by atoms with Crippen LogP contribution in [0.15, 0.2) is 42.5 Å². The third kappa shape index (κ3) is 2.10. The van der Waals surface area contributed by atoms with E-state index in [0.29, 0.717) is 27.8 Å². The first-order valence-corrected chi connectivity index (χ1v) is 6.13. The van der Waals surface area contributed by atoms with E-state index >= 15 is 0 Å². The minimum Gasteiger partial charge on any atom is -0.398 e. The minimum absolute atomic E-state index is 0.342. The Hall–Kier alpha value is -2.47. The molecule has 3 rings (SSSR count). The van der Waals surface area contributed by atoms with Crippen molar-refractivity contribution >= 4 is 17.3 Å². The first-order chi connectivity index (χ1) is 9.66. The van der Waals surface area contributed by atoms with Crippen molar-refractivity contribution in [1.29, 1.82) is 0 Å². The number of nitrogens with two attached hydrogens (primary N) is 1. The van der Waals surface area contributed by atoms with Crippen LogP contribution in [0.4, 0.5) is 10.1 Å². The van der Waals surface area contributed by atoms with Gasteiger partial charge in [0.05, 0.1) is 10.7 Å². The topological polar surface area (TPSA) is 69.6 Å². The summed E-state index contributed by atoms with van der Waals surface area (Å²) >= 11 is 6.07. The van der Waals surface area contributed by atoms with E-state index in [4.69, 9.17) is 17.3 Å². The minimum atomic E-state index is -0.424. The SMILES string of the molecule is Nc1ccccc1-c1nnnn1-c1cc(F)ccc1Cl. The fourth-order valence-corrected chi connectivity index (χ4v) is 2.06. The Bertz CT molecular complexity index is 771. The van der Waals surface area contributed by atoms with Crippen LogP contribution in [0.3, 0.4) is 0 Å².